The van der Waals surface area contributed by atoms with Gasteiger partial charge in [-0.05, 0) is 24.0 Å². The van der Waals surface area contributed by atoms with E-state index in [9.17, 15) is 4.79 Å². The van der Waals surface area contributed by atoms with Gasteiger partial charge in [-0.2, -0.15) is 0 Å². The Kier molecular flexibility index (Phi) is 4.31. The molecule has 0 bridgehead atoms. The van der Waals surface area contributed by atoms with Crippen LogP contribution in [0.25, 0.3) is 0 Å². The number of carbonyl (C=O) groups excluding carboxylic acids is 1. The standard InChI is InChI=1S/C18H19NO2/c20-18-17(12-11-15-7-3-1-4-8-15)13-19(18)21-14-16-9-5-2-6-10-16/h1-10,17H,11-14H2/t17-/m1/s1. The second-order valence-corrected chi connectivity index (χ2v) is 5.38. The van der Waals surface area contributed by atoms with Crippen LogP contribution in [-0.2, 0) is 22.7 Å². The molecule has 1 aliphatic rings. The molecule has 108 valence electrons. The molecule has 0 radical (unpaired) electrons. The predicted octanol–water partition coefficient (Wildman–Crippen LogP) is 3.21. The molecule has 21 heavy (non-hydrogen) atoms. The van der Waals surface area contributed by atoms with E-state index in [0.29, 0.717) is 13.2 Å². The van der Waals surface area contributed by atoms with Crippen LogP contribution >= 0.6 is 0 Å². The number of amides is 1. The summed E-state index contributed by atoms with van der Waals surface area (Å²) in [7, 11) is 0. The topological polar surface area (TPSA) is 29.5 Å². The molecule has 1 atom stereocenters. The number of hydrogen-bond donors (Lipinski definition) is 0. The van der Waals surface area contributed by atoms with Crippen molar-refractivity contribution in [3.63, 3.8) is 0 Å². The fourth-order valence-electron chi connectivity index (χ4n) is 2.50. The molecule has 3 rings (SSSR count). The zero-order valence-electron chi connectivity index (χ0n) is 11.9. The van der Waals surface area contributed by atoms with Gasteiger partial charge in [0.15, 0.2) is 0 Å². The minimum Gasteiger partial charge on any atom is -0.272 e. The van der Waals surface area contributed by atoms with Gasteiger partial charge >= 0.3 is 0 Å². The highest BCUT2D eigenvalue weighted by atomic mass is 16.7. The summed E-state index contributed by atoms with van der Waals surface area (Å²) in [5.74, 6) is 0.225. The molecule has 0 saturated carbocycles. The molecule has 0 N–H and O–H groups in total. The highest BCUT2D eigenvalue weighted by Gasteiger charge is 2.37. The minimum absolute atomic E-state index is 0.112. The largest absolute Gasteiger partial charge is 0.272 e. The van der Waals surface area contributed by atoms with E-state index in [1.165, 1.54) is 10.6 Å². The summed E-state index contributed by atoms with van der Waals surface area (Å²) in [5, 5.41) is 1.49. The second-order valence-electron chi connectivity index (χ2n) is 5.38. The summed E-state index contributed by atoms with van der Waals surface area (Å²) < 4.78 is 0. The molecule has 2 aromatic carbocycles. The van der Waals surface area contributed by atoms with Gasteiger partial charge in [0.05, 0.1) is 12.5 Å². The summed E-state index contributed by atoms with van der Waals surface area (Å²) in [6.07, 6.45) is 1.85. The van der Waals surface area contributed by atoms with Gasteiger partial charge in [0.25, 0.3) is 5.91 Å². The summed E-state index contributed by atoms with van der Waals surface area (Å²) in [6.45, 7) is 1.16. The van der Waals surface area contributed by atoms with Gasteiger partial charge in [-0.25, -0.2) is 5.06 Å². The molecule has 0 spiro atoms. The van der Waals surface area contributed by atoms with E-state index < -0.39 is 0 Å². The maximum Gasteiger partial charge on any atom is 0.251 e. The Morgan fingerprint density at radius 3 is 2.19 bits per heavy atom. The van der Waals surface area contributed by atoms with Crippen LogP contribution in [0.2, 0.25) is 0 Å². The monoisotopic (exact) mass is 281 g/mol. The van der Waals surface area contributed by atoms with Crippen LogP contribution in [0.3, 0.4) is 0 Å². The van der Waals surface area contributed by atoms with Crippen molar-refractivity contribution in [1.82, 2.24) is 5.06 Å². The van der Waals surface area contributed by atoms with Crippen molar-refractivity contribution in [3.8, 4) is 0 Å². The fourth-order valence-corrected chi connectivity index (χ4v) is 2.50. The molecule has 1 fully saturated rings. The molecule has 0 aromatic heterocycles. The molecule has 3 nitrogen and oxygen atoms in total. The predicted molar refractivity (Wildman–Crippen MR) is 81.2 cm³/mol. The lowest BCUT2D eigenvalue weighted by molar-refractivity contribution is -0.226. The van der Waals surface area contributed by atoms with Crippen molar-refractivity contribution in [1.29, 1.82) is 0 Å². The Morgan fingerprint density at radius 2 is 1.57 bits per heavy atom. The summed E-state index contributed by atoms with van der Waals surface area (Å²) >= 11 is 0. The Hall–Kier alpha value is -2.13. The molecule has 3 heteroatoms. The first-order valence-electron chi connectivity index (χ1n) is 7.35. The van der Waals surface area contributed by atoms with Crippen LogP contribution in [0.1, 0.15) is 17.5 Å². The summed E-state index contributed by atoms with van der Waals surface area (Å²) in [4.78, 5) is 17.5. The fraction of sp³-hybridized carbons (Fsp3) is 0.278. The van der Waals surface area contributed by atoms with Crippen molar-refractivity contribution in [3.05, 3.63) is 71.8 Å². The zero-order chi connectivity index (χ0) is 14.5. The van der Waals surface area contributed by atoms with Crippen LogP contribution in [0.5, 0.6) is 0 Å². The van der Waals surface area contributed by atoms with Gasteiger partial charge in [-0.1, -0.05) is 60.7 Å². The van der Waals surface area contributed by atoms with Crippen molar-refractivity contribution < 1.29 is 9.63 Å². The number of benzene rings is 2. The molecule has 1 saturated heterocycles. The first-order chi connectivity index (χ1) is 10.3. The Morgan fingerprint density at radius 1 is 0.952 bits per heavy atom. The van der Waals surface area contributed by atoms with E-state index in [0.717, 1.165) is 18.4 Å². The SMILES string of the molecule is O=C1[C@H](CCc2ccccc2)CN1OCc1ccccc1. The number of hydroxylamine groups is 2. The molecular formula is C18H19NO2. The van der Waals surface area contributed by atoms with E-state index in [-0.39, 0.29) is 11.8 Å². The van der Waals surface area contributed by atoms with Gasteiger partial charge in [-0.3, -0.25) is 9.63 Å². The lowest BCUT2D eigenvalue weighted by Gasteiger charge is -2.37. The second kappa shape index (κ2) is 6.55. The number of hydrogen-bond acceptors (Lipinski definition) is 2. The van der Waals surface area contributed by atoms with Gasteiger partial charge in [-0.15, -0.1) is 0 Å². The summed E-state index contributed by atoms with van der Waals surface area (Å²) in [5.41, 5.74) is 2.37. The highest BCUT2D eigenvalue weighted by molar-refractivity contribution is 5.83. The van der Waals surface area contributed by atoms with E-state index in [2.05, 4.69) is 12.1 Å². The lowest BCUT2D eigenvalue weighted by Crippen LogP contribution is -2.52. The molecule has 0 unspecified atom stereocenters. The number of rotatable bonds is 6. The van der Waals surface area contributed by atoms with E-state index in [1.807, 2.05) is 48.5 Å². The highest BCUT2D eigenvalue weighted by Crippen LogP contribution is 2.24. The van der Waals surface area contributed by atoms with E-state index in [1.54, 1.807) is 0 Å². The zero-order valence-corrected chi connectivity index (χ0v) is 11.9. The van der Waals surface area contributed by atoms with Gasteiger partial charge in [0.1, 0.15) is 6.61 Å². The van der Waals surface area contributed by atoms with Crippen molar-refractivity contribution in [2.24, 2.45) is 5.92 Å². The van der Waals surface area contributed by atoms with Crippen LogP contribution < -0.4 is 0 Å². The number of carbonyl (C=O) groups is 1. The third-order valence-corrected chi connectivity index (χ3v) is 3.84. The molecule has 2 aromatic rings. The molecular weight excluding hydrogens is 262 g/mol. The van der Waals surface area contributed by atoms with Crippen LogP contribution in [0.15, 0.2) is 60.7 Å². The Bertz CT molecular complexity index is 531. The first kappa shape index (κ1) is 13.8. The van der Waals surface area contributed by atoms with Crippen LogP contribution in [0.4, 0.5) is 0 Å². The number of aryl methyl sites for hydroxylation is 1. The maximum atomic E-state index is 12.0. The first-order valence-corrected chi connectivity index (χ1v) is 7.35. The Labute approximate surface area is 125 Å². The number of nitrogens with zero attached hydrogens (tertiary/aromatic N) is 1. The third kappa shape index (κ3) is 3.50. The van der Waals surface area contributed by atoms with Crippen molar-refractivity contribution in [2.45, 2.75) is 19.4 Å². The molecule has 0 aliphatic carbocycles. The third-order valence-electron chi connectivity index (χ3n) is 3.84. The van der Waals surface area contributed by atoms with E-state index in [4.69, 9.17) is 4.84 Å². The molecule has 1 heterocycles. The van der Waals surface area contributed by atoms with Crippen LogP contribution in [-0.4, -0.2) is 17.5 Å². The number of β-lactam (4-membered cyclic amide) rings is 1. The smallest absolute Gasteiger partial charge is 0.251 e. The van der Waals surface area contributed by atoms with Gasteiger partial charge in [0.2, 0.25) is 0 Å². The Balaban J connectivity index is 1.41. The maximum absolute atomic E-state index is 12.0. The lowest BCUT2D eigenvalue weighted by atomic mass is 9.93. The van der Waals surface area contributed by atoms with Crippen molar-refractivity contribution in [2.75, 3.05) is 6.54 Å². The average molecular weight is 281 g/mol. The minimum atomic E-state index is 0.112. The summed E-state index contributed by atoms with van der Waals surface area (Å²) in [6, 6.07) is 20.2. The average Bonchev–Trinajstić information content (AvgIpc) is 2.55. The molecule has 1 amide bonds. The quantitative estimate of drug-likeness (QED) is 0.761. The van der Waals surface area contributed by atoms with Gasteiger partial charge < -0.3 is 0 Å². The van der Waals surface area contributed by atoms with Crippen molar-refractivity contribution >= 4 is 5.91 Å². The van der Waals surface area contributed by atoms with Crippen LogP contribution in [0, 0.1) is 5.92 Å². The molecule has 1 aliphatic heterocycles. The van der Waals surface area contributed by atoms with Gasteiger partial charge in [0, 0.05) is 0 Å². The van der Waals surface area contributed by atoms with E-state index >= 15 is 0 Å². The normalized spacial score (nSPS) is 17.6.